The van der Waals surface area contributed by atoms with Crippen LogP contribution in [0.4, 0.5) is 0 Å². The SMILES string of the molecule is CCN1CC2(CCN(C(=O)c3ccc4n[nH]nc4c3)CC2)CC1=O. The van der Waals surface area contributed by atoms with Crippen LogP contribution in [0, 0.1) is 5.41 Å². The molecule has 4 rings (SSSR count). The summed E-state index contributed by atoms with van der Waals surface area (Å²) in [4.78, 5) is 28.6. The summed E-state index contributed by atoms with van der Waals surface area (Å²) in [5, 5.41) is 10.6. The van der Waals surface area contributed by atoms with Crippen LogP contribution >= 0.6 is 0 Å². The lowest BCUT2D eigenvalue weighted by Crippen LogP contribution is -2.44. The Morgan fingerprint density at radius 2 is 2.00 bits per heavy atom. The lowest BCUT2D eigenvalue weighted by atomic mass is 9.77. The smallest absolute Gasteiger partial charge is 0.253 e. The predicted octanol–water partition coefficient (Wildman–Crippen LogP) is 1.43. The van der Waals surface area contributed by atoms with Gasteiger partial charge >= 0.3 is 0 Å². The van der Waals surface area contributed by atoms with Crippen LogP contribution in [0.15, 0.2) is 18.2 Å². The zero-order valence-electron chi connectivity index (χ0n) is 13.8. The van der Waals surface area contributed by atoms with Crippen LogP contribution in [-0.4, -0.2) is 63.2 Å². The van der Waals surface area contributed by atoms with Crippen molar-refractivity contribution in [3.05, 3.63) is 23.8 Å². The third kappa shape index (κ3) is 2.44. The summed E-state index contributed by atoms with van der Waals surface area (Å²) in [5.41, 5.74) is 2.17. The number of nitrogens with one attached hydrogen (secondary N) is 1. The maximum absolute atomic E-state index is 12.7. The van der Waals surface area contributed by atoms with Crippen LogP contribution in [0.3, 0.4) is 0 Å². The molecule has 0 atom stereocenters. The zero-order chi connectivity index (χ0) is 16.7. The summed E-state index contributed by atoms with van der Waals surface area (Å²) >= 11 is 0. The molecule has 2 fully saturated rings. The van der Waals surface area contributed by atoms with Crippen molar-refractivity contribution in [2.45, 2.75) is 26.2 Å². The highest BCUT2D eigenvalue weighted by Crippen LogP contribution is 2.41. The lowest BCUT2D eigenvalue weighted by molar-refractivity contribution is -0.127. The molecule has 7 nitrogen and oxygen atoms in total. The minimum Gasteiger partial charge on any atom is -0.342 e. The van der Waals surface area contributed by atoms with E-state index < -0.39 is 0 Å². The van der Waals surface area contributed by atoms with Gasteiger partial charge in [0.15, 0.2) is 0 Å². The maximum atomic E-state index is 12.7. The Kier molecular flexibility index (Phi) is 3.51. The molecule has 0 unspecified atom stereocenters. The number of nitrogens with zero attached hydrogens (tertiary/aromatic N) is 4. The molecule has 2 amide bonds. The molecule has 3 heterocycles. The van der Waals surface area contributed by atoms with Gasteiger partial charge in [0, 0.05) is 43.6 Å². The molecule has 126 valence electrons. The fraction of sp³-hybridized carbons (Fsp3) is 0.529. The third-order valence-corrected chi connectivity index (χ3v) is 5.46. The molecular formula is C17H21N5O2. The molecule has 2 aromatic rings. The minimum atomic E-state index is 0.0337. The first-order valence-corrected chi connectivity index (χ1v) is 8.48. The number of aromatic amines is 1. The molecule has 1 aromatic heterocycles. The Morgan fingerprint density at radius 1 is 1.25 bits per heavy atom. The Bertz CT molecular complexity index is 791. The van der Waals surface area contributed by atoms with Gasteiger partial charge in [-0.2, -0.15) is 15.4 Å². The highest BCUT2D eigenvalue weighted by Gasteiger charge is 2.44. The Labute approximate surface area is 140 Å². The van der Waals surface area contributed by atoms with Gasteiger partial charge in [-0.05, 0) is 38.0 Å². The number of hydrogen-bond acceptors (Lipinski definition) is 4. The summed E-state index contributed by atoms with van der Waals surface area (Å²) in [5.74, 6) is 0.292. The molecule has 0 bridgehead atoms. The fourth-order valence-corrected chi connectivity index (χ4v) is 3.94. The number of piperidine rings is 1. The highest BCUT2D eigenvalue weighted by atomic mass is 16.2. The largest absolute Gasteiger partial charge is 0.342 e. The van der Waals surface area contributed by atoms with Gasteiger partial charge in [-0.3, -0.25) is 9.59 Å². The molecule has 0 aliphatic carbocycles. The van der Waals surface area contributed by atoms with E-state index in [9.17, 15) is 9.59 Å². The monoisotopic (exact) mass is 327 g/mol. The molecule has 2 saturated heterocycles. The van der Waals surface area contributed by atoms with Gasteiger partial charge in [0.1, 0.15) is 11.0 Å². The third-order valence-electron chi connectivity index (χ3n) is 5.46. The van der Waals surface area contributed by atoms with Crippen molar-refractivity contribution < 1.29 is 9.59 Å². The molecular weight excluding hydrogens is 306 g/mol. The van der Waals surface area contributed by atoms with Gasteiger partial charge in [0.05, 0.1) is 0 Å². The molecule has 0 saturated carbocycles. The molecule has 1 spiro atoms. The van der Waals surface area contributed by atoms with Crippen molar-refractivity contribution in [1.29, 1.82) is 0 Å². The Hall–Kier alpha value is -2.44. The summed E-state index contributed by atoms with van der Waals surface area (Å²) in [6, 6.07) is 5.39. The van der Waals surface area contributed by atoms with Crippen LogP contribution in [-0.2, 0) is 4.79 Å². The van der Waals surface area contributed by atoms with Crippen molar-refractivity contribution in [2.24, 2.45) is 5.41 Å². The average molecular weight is 327 g/mol. The Morgan fingerprint density at radius 3 is 2.71 bits per heavy atom. The second kappa shape index (κ2) is 5.58. The number of fused-ring (bicyclic) bond motifs is 1. The van der Waals surface area contributed by atoms with Gasteiger partial charge in [-0.25, -0.2) is 0 Å². The second-order valence-corrected chi connectivity index (χ2v) is 6.90. The highest BCUT2D eigenvalue weighted by molar-refractivity contribution is 5.97. The summed E-state index contributed by atoms with van der Waals surface area (Å²) in [6.07, 6.45) is 2.42. The van der Waals surface area contributed by atoms with Crippen molar-refractivity contribution in [2.75, 3.05) is 26.2 Å². The number of amides is 2. The number of aromatic nitrogens is 3. The van der Waals surface area contributed by atoms with Crippen LogP contribution in [0.5, 0.6) is 0 Å². The van der Waals surface area contributed by atoms with Crippen molar-refractivity contribution >= 4 is 22.8 Å². The molecule has 1 aromatic carbocycles. The van der Waals surface area contributed by atoms with Crippen LogP contribution in [0.1, 0.15) is 36.5 Å². The Balaban J connectivity index is 1.45. The number of hydrogen-bond donors (Lipinski definition) is 1. The molecule has 24 heavy (non-hydrogen) atoms. The first kappa shape index (κ1) is 15.1. The predicted molar refractivity (Wildman–Crippen MR) is 88.3 cm³/mol. The zero-order valence-corrected chi connectivity index (χ0v) is 13.8. The average Bonchev–Trinajstić information content (AvgIpc) is 3.18. The van der Waals surface area contributed by atoms with Gasteiger partial charge < -0.3 is 9.80 Å². The molecule has 2 aliphatic heterocycles. The van der Waals surface area contributed by atoms with E-state index in [1.807, 2.05) is 22.8 Å². The van der Waals surface area contributed by atoms with Gasteiger partial charge in [0.2, 0.25) is 5.91 Å². The normalized spacial score (nSPS) is 20.3. The van der Waals surface area contributed by atoms with E-state index in [1.165, 1.54) is 0 Å². The topological polar surface area (TPSA) is 82.2 Å². The minimum absolute atomic E-state index is 0.0337. The van der Waals surface area contributed by atoms with E-state index in [0.29, 0.717) is 30.6 Å². The van der Waals surface area contributed by atoms with Crippen LogP contribution < -0.4 is 0 Å². The summed E-state index contributed by atoms with van der Waals surface area (Å²) < 4.78 is 0. The quantitative estimate of drug-likeness (QED) is 0.905. The molecule has 2 aliphatic rings. The fourth-order valence-electron chi connectivity index (χ4n) is 3.94. The van der Waals surface area contributed by atoms with Crippen LogP contribution in [0.2, 0.25) is 0 Å². The second-order valence-electron chi connectivity index (χ2n) is 6.90. The molecule has 0 radical (unpaired) electrons. The number of rotatable bonds is 2. The van der Waals surface area contributed by atoms with E-state index in [-0.39, 0.29) is 17.2 Å². The van der Waals surface area contributed by atoms with Crippen molar-refractivity contribution in [3.63, 3.8) is 0 Å². The summed E-state index contributed by atoms with van der Waals surface area (Å²) in [6.45, 7) is 5.06. The van der Waals surface area contributed by atoms with Gasteiger partial charge in [-0.1, -0.05) is 0 Å². The molecule has 7 heteroatoms. The molecule has 1 N–H and O–H groups in total. The lowest BCUT2D eigenvalue weighted by Gasteiger charge is -2.38. The number of H-pyrrole nitrogens is 1. The number of carbonyl (C=O) groups excluding carboxylic acids is 2. The van der Waals surface area contributed by atoms with E-state index in [2.05, 4.69) is 15.4 Å². The summed E-state index contributed by atoms with van der Waals surface area (Å²) in [7, 11) is 0. The first-order valence-electron chi connectivity index (χ1n) is 8.48. The van der Waals surface area contributed by atoms with Gasteiger partial charge in [-0.15, -0.1) is 0 Å². The van der Waals surface area contributed by atoms with Crippen molar-refractivity contribution in [3.8, 4) is 0 Å². The maximum Gasteiger partial charge on any atom is 0.253 e. The van der Waals surface area contributed by atoms with Crippen LogP contribution in [0.25, 0.3) is 11.0 Å². The van der Waals surface area contributed by atoms with Gasteiger partial charge in [0.25, 0.3) is 5.91 Å². The van der Waals surface area contributed by atoms with E-state index in [4.69, 9.17) is 0 Å². The number of likely N-dealkylation sites (tertiary alicyclic amines) is 2. The van der Waals surface area contributed by atoms with E-state index >= 15 is 0 Å². The standard InChI is InChI=1S/C17H21N5O2/c1-2-21-11-17(10-15(21)23)5-7-22(8-6-17)16(24)12-3-4-13-14(9-12)19-20-18-13/h3-4,9H,2,5-8,10-11H2,1H3,(H,18,19,20). The van der Waals surface area contributed by atoms with Crippen molar-refractivity contribution in [1.82, 2.24) is 25.2 Å². The first-order chi connectivity index (χ1) is 11.6. The number of benzene rings is 1. The van der Waals surface area contributed by atoms with E-state index in [0.717, 1.165) is 31.4 Å². The van der Waals surface area contributed by atoms with E-state index in [1.54, 1.807) is 12.1 Å². The number of carbonyl (C=O) groups is 2.